The van der Waals surface area contributed by atoms with E-state index in [-0.39, 0.29) is 6.15 Å². The van der Waals surface area contributed by atoms with Crippen LogP contribution in [-0.2, 0) is 0 Å². The normalized spacial score (nSPS) is 15.7. The van der Waals surface area contributed by atoms with Gasteiger partial charge in [0, 0.05) is 17.8 Å². The maximum absolute atomic E-state index is 4.34. The van der Waals surface area contributed by atoms with Crippen molar-refractivity contribution in [3.05, 3.63) is 29.6 Å². The number of rotatable bonds is 1. The van der Waals surface area contributed by atoms with Crippen molar-refractivity contribution < 1.29 is 0 Å². The van der Waals surface area contributed by atoms with Crippen molar-refractivity contribution in [3.8, 4) is 0 Å². The van der Waals surface area contributed by atoms with Gasteiger partial charge in [-0.1, -0.05) is 6.07 Å². The van der Waals surface area contributed by atoms with E-state index < -0.39 is 0 Å². The Morgan fingerprint density at radius 2 is 2.09 bits per heavy atom. The van der Waals surface area contributed by atoms with Crippen LogP contribution in [0.2, 0.25) is 0 Å². The number of hydrogen-bond acceptors (Lipinski definition) is 2. The molecule has 0 unspecified atom stereocenters. The molecule has 60 valence electrons. The molecule has 1 aliphatic rings. The molecule has 11 heavy (non-hydrogen) atoms. The van der Waals surface area contributed by atoms with E-state index in [2.05, 4.69) is 24.0 Å². The Hall–Kier alpha value is -0.890. The van der Waals surface area contributed by atoms with E-state index in [9.17, 15) is 0 Å². The van der Waals surface area contributed by atoms with E-state index in [4.69, 9.17) is 0 Å². The predicted octanol–water partition coefficient (Wildman–Crippen LogP) is 2.43. The summed E-state index contributed by atoms with van der Waals surface area (Å²) >= 11 is 0. The summed E-state index contributed by atoms with van der Waals surface area (Å²) in [5.74, 6) is 0.792. The standard InChI is InChI=1S/C9H11N.H3N/c1-7-2-5-9(10-6-7)8-3-4-8;/h2,5-6,8H,3-4H2,1H3;1H3. The van der Waals surface area contributed by atoms with Crippen molar-refractivity contribution in [2.45, 2.75) is 25.7 Å². The van der Waals surface area contributed by atoms with Crippen LogP contribution in [0.1, 0.15) is 30.0 Å². The molecule has 0 aliphatic heterocycles. The lowest BCUT2D eigenvalue weighted by Gasteiger charge is -1.95. The molecule has 2 nitrogen and oxygen atoms in total. The Balaban J connectivity index is 0.000000605. The lowest BCUT2D eigenvalue weighted by molar-refractivity contribution is 1.01. The van der Waals surface area contributed by atoms with Crippen molar-refractivity contribution in [1.82, 2.24) is 11.1 Å². The van der Waals surface area contributed by atoms with Gasteiger partial charge < -0.3 is 6.15 Å². The third kappa shape index (κ3) is 1.77. The maximum Gasteiger partial charge on any atom is 0.0434 e. The van der Waals surface area contributed by atoms with E-state index in [0.29, 0.717) is 0 Å². The van der Waals surface area contributed by atoms with Gasteiger partial charge in [0.05, 0.1) is 0 Å². The van der Waals surface area contributed by atoms with E-state index in [1.165, 1.54) is 24.1 Å². The van der Waals surface area contributed by atoms with Crippen molar-refractivity contribution in [2.24, 2.45) is 0 Å². The monoisotopic (exact) mass is 150 g/mol. The SMILES string of the molecule is Cc1ccc(C2CC2)nc1.N. The molecule has 0 aromatic carbocycles. The molecule has 1 fully saturated rings. The second kappa shape index (κ2) is 3.01. The Morgan fingerprint density at radius 1 is 1.36 bits per heavy atom. The molecule has 1 aromatic rings. The zero-order valence-corrected chi connectivity index (χ0v) is 6.88. The molecule has 1 aromatic heterocycles. The van der Waals surface area contributed by atoms with Crippen LogP contribution in [0.25, 0.3) is 0 Å². The van der Waals surface area contributed by atoms with E-state index >= 15 is 0 Å². The van der Waals surface area contributed by atoms with Crippen LogP contribution >= 0.6 is 0 Å². The molecular weight excluding hydrogens is 136 g/mol. The zero-order valence-electron chi connectivity index (χ0n) is 6.88. The first-order chi connectivity index (χ1) is 4.86. The number of aromatic nitrogens is 1. The average Bonchev–Trinajstić information content (AvgIpc) is 2.71. The van der Waals surface area contributed by atoms with E-state index in [0.717, 1.165) is 5.92 Å². The van der Waals surface area contributed by atoms with Gasteiger partial charge in [-0.3, -0.25) is 4.98 Å². The Bertz CT molecular complexity index is 224. The first kappa shape index (κ1) is 8.21. The summed E-state index contributed by atoms with van der Waals surface area (Å²) in [6.45, 7) is 2.07. The third-order valence-corrected chi connectivity index (χ3v) is 1.93. The van der Waals surface area contributed by atoms with Crippen molar-refractivity contribution >= 4 is 0 Å². The first-order valence-electron chi connectivity index (χ1n) is 3.79. The molecule has 1 aliphatic carbocycles. The average molecular weight is 150 g/mol. The Kier molecular flexibility index (Phi) is 2.25. The highest BCUT2D eigenvalue weighted by Crippen LogP contribution is 2.38. The molecule has 2 heteroatoms. The van der Waals surface area contributed by atoms with Gasteiger partial charge in [-0.25, -0.2) is 0 Å². The predicted molar refractivity (Wildman–Crippen MR) is 46.0 cm³/mol. The number of aryl methyl sites for hydroxylation is 1. The Labute approximate surface area is 67.2 Å². The molecule has 0 spiro atoms. The molecule has 0 saturated heterocycles. The van der Waals surface area contributed by atoms with Crippen LogP contribution in [0.15, 0.2) is 18.3 Å². The zero-order chi connectivity index (χ0) is 6.97. The van der Waals surface area contributed by atoms with Crippen molar-refractivity contribution in [2.75, 3.05) is 0 Å². The first-order valence-corrected chi connectivity index (χ1v) is 3.79. The molecular formula is C9H14N2. The smallest absolute Gasteiger partial charge is 0.0434 e. The fourth-order valence-corrected chi connectivity index (χ4v) is 1.10. The van der Waals surface area contributed by atoms with Gasteiger partial charge in [0.15, 0.2) is 0 Å². The second-order valence-electron chi connectivity index (χ2n) is 3.03. The van der Waals surface area contributed by atoms with Crippen LogP contribution in [0.5, 0.6) is 0 Å². The molecule has 3 N–H and O–H groups in total. The summed E-state index contributed by atoms with van der Waals surface area (Å²) in [6.07, 6.45) is 4.64. The topological polar surface area (TPSA) is 47.9 Å². The van der Waals surface area contributed by atoms with Gasteiger partial charge in [-0.05, 0) is 31.4 Å². The highest BCUT2D eigenvalue weighted by molar-refractivity contribution is 5.18. The Morgan fingerprint density at radius 3 is 2.55 bits per heavy atom. The number of hydrogen-bond donors (Lipinski definition) is 1. The molecule has 1 saturated carbocycles. The van der Waals surface area contributed by atoms with Crippen LogP contribution in [-0.4, -0.2) is 4.98 Å². The van der Waals surface area contributed by atoms with Gasteiger partial charge in [-0.15, -0.1) is 0 Å². The van der Waals surface area contributed by atoms with Gasteiger partial charge in [0.25, 0.3) is 0 Å². The number of nitrogens with zero attached hydrogens (tertiary/aromatic N) is 1. The van der Waals surface area contributed by atoms with E-state index in [1.807, 2.05) is 6.20 Å². The van der Waals surface area contributed by atoms with Crippen LogP contribution in [0, 0.1) is 6.92 Å². The molecule has 0 atom stereocenters. The van der Waals surface area contributed by atoms with Gasteiger partial charge in [-0.2, -0.15) is 0 Å². The molecule has 0 radical (unpaired) electrons. The summed E-state index contributed by atoms with van der Waals surface area (Å²) in [5, 5.41) is 0. The van der Waals surface area contributed by atoms with Gasteiger partial charge in [0.2, 0.25) is 0 Å². The van der Waals surface area contributed by atoms with Crippen molar-refractivity contribution in [3.63, 3.8) is 0 Å². The largest absolute Gasteiger partial charge is 0.344 e. The maximum atomic E-state index is 4.34. The second-order valence-corrected chi connectivity index (χ2v) is 3.03. The number of pyridine rings is 1. The van der Waals surface area contributed by atoms with Gasteiger partial charge >= 0.3 is 0 Å². The quantitative estimate of drug-likeness (QED) is 0.668. The molecule has 1 heterocycles. The fraction of sp³-hybridized carbons (Fsp3) is 0.444. The fourth-order valence-electron chi connectivity index (χ4n) is 1.10. The summed E-state index contributed by atoms with van der Waals surface area (Å²) < 4.78 is 0. The lowest BCUT2D eigenvalue weighted by Crippen LogP contribution is -1.84. The summed E-state index contributed by atoms with van der Waals surface area (Å²) in [6, 6.07) is 4.29. The summed E-state index contributed by atoms with van der Waals surface area (Å²) in [7, 11) is 0. The third-order valence-electron chi connectivity index (χ3n) is 1.93. The lowest BCUT2D eigenvalue weighted by atomic mass is 10.2. The van der Waals surface area contributed by atoms with Crippen LogP contribution in [0.3, 0.4) is 0 Å². The van der Waals surface area contributed by atoms with Crippen molar-refractivity contribution in [1.29, 1.82) is 0 Å². The van der Waals surface area contributed by atoms with E-state index in [1.54, 1.807) is 0 Å². The molecule has 0 bridgehead atoms. The van der Waals surface area contributed by atoms with Gasteiger partial charge in [0.1, 0.15) is 0 Å². The molecule has 0 amide bonds. The van der Waals surface area contributed by atoms with Crippen LogP contribution in [0.4, 0.5) is 0 Å². The molecule has 2 rings (SSSR count). The summed E-state index contributed by atoms with van der Waals surface area (Å²) in [5.41, 5.74) is 2.54. The minimum atomic E-state index is 0. The minimum Gasteiger partial charge on any atom is -0.344 e. The minimum absolute atomic E-state index is 0. The van der Waals surface area contributed by atoms with Crippen LogP contribution < -0.4 is 6.15 Å². The highest BCUT2D eigenvalue weighted by Gasteiger charge is 2.24. The highest BCUT2D eigenvalue weighted by atomic mass is 14.7. The summed E-state index contributed by atoms with van der Waals surface area (Å²) in [4.78, 5) is 4.34.